The zero-order chi connectivity index (χ0) is 74.0. The van der Waals surface area contributed by atoms with Crippen molar-refractivity contribution in [1.82, 2.24) is 39.0 Å². The minimum absolute atomic E-state index is 0.639. The maximum atomic E-state index is 4.99. The predicted molar refractivity (Wildman–Crippen MR) is 468 cm³/mol. The van der Waals surface area contributed by atoms with E-state index in [1.807, 2.05) is 144 Å². The third-order valence-electron chi connectivity index (χ3n) is 21.3. The van der Waals surface area contributed by atoms with Crippen LogP contribution >= 0.6 is 22.7 Å². The van der Waals surface area contributed by atoms with E-state index in [1.54, 1.807) is 0 Å². The first-order chi connectivity index (χ1) is 55.5. The van der Waals surface area contributed by atoms with Crippen molar-refractivity contribution in [2.75, 3.05) is 0 Å². The molecule has 0 unspecified atom stereocenters. The molecular formula is C102H64N8S2. The predicted octanol–water partition coefficient (Wildman–Crippen LogP) is 27.3. The van der Waals surface area contributed by atoms with Crippen molar-refractivity contribution in [1.29, 1.82) is 0 Å². The zero-order valence-corrected chi connectivity index (χ0v) is 62.0. The molecule has 524 valence electrons. The molecule has 0 aliphatic rings. The normalized spacial score (nSPS) is 11.6. The SMILES string of the molecule is c1ccc(-c2nc(-c3ccccc3)nc(-c3ccc(-c4ccc(-n5c6ccccc6c6cc(-c7ccc8sc9ccccc9c8c7)ccc65)cc4)cc3)n2)cc1.c1ccc(-c2nc(-c3ccccc3)nc(-c3cccc(-c4cccc(-n5c6ccccc6c6cc(-c7ccc8sc9ccccc9c8c7)ccc65)c4)c3)n2)cc1. The average Bonchev–Trinajstić information content (AvgIpc) is 1.59. The first-order valence-electron chi connectivity index (χ1n) is 37.5. The van der Waals surface area contributed by atoms with E-state index in [4.69, 9.17) is 29.9 Å². The van der Waals surface area contributed by atoms with E-state index in [0.29, 0.717) is 34.9 Å². The third-order valence-corrected chi connectivity index (χ3v) is 23.6. The highest BCUT2D eigenvalue weighted by atomic mass is 32.1. The van der Waals surface area contributed by atoms with Gasteiger partial charge in [0.25, 0.3) is 0 Å². The lowest BCUT2D eigenvalue weighted by atomic mass is 10.0. The average molecular weight is 1470 g/mol. The topological polar surface area (TPSA) is 87.2 Å². The fourth-order valence-electron chi connectivity index (χ4n) is 15.8. The van der Waals surface area contributed by atoms with E-state index >= 15 is 0 Å². The molecule has 16 aromatic carbocycles. The van der Waals surface area contributed by atoms with Crippen LogP contribution < -0.4 is 0 Å². The van der Waals surface area contributed by atoms with E-state index in [0.717, 1.165) is 67.0 Å². The number of aromatic nitrogens is 8. The fourth-order valence-corrected chi connectivity index (χ4v) is 18.0. The van der Waals surface area contributed by atoms with Crippen LogP contribution in [0.25, 0.3) is 208 Å². The Bertz CT molecular complexity index is 7240. The molecule has 10 heteroatoms. The molecule has 0 bridgehead atoms. The Morgan fingerprint density at radius 2 is 0.429 bits per heavy atom. The van der Waals surface area contributed by atoms with Crippen LogP contribution in [0.3, 0.4) is 0 Å². The lowest BCUT2D eigenvalue weighted by Crippen LogP contribution is -2.00. The van der Waals surface area contributed by atoms with Crippen LogP contribution in [0.2, 0.25) is 0 Å². The van der Waals surface area contributed by atoms with Gasteiger partial charge in [-0.2, -0.15) is 0 Å². The monoisotopic (exact) mass is 1460 g/mol. The summed E-state index contributed by atoms with van der Waals surface area (Å²) in [6, 6.07) is 138. The highest BCUT2D eigenvalue weighted by Crippen LogP contribution is 2.43. The van der Waals surface area contributed by atoms with Crippen LogP contribution in [-0.4, -0.2) is 39.0 Å². The minimum Gasteiger partial charge on any atom is -0.309 e. The first-order valence-corrected chi connectivity index (χ1v) is 39.2. The molecule has 0 N–H and O–H groups in total. The van der Waals surface area contributed by atoms with Gasteiger partial charge in [0.05, 0.1) is 22.1 Å². The van der Waals surface area contributed by atoms with Crippen molar-refractivity contribution in [3.8, 4) is 124 Å². The summed E-state index contributed by atoms with van der Waals surface area (Å²) in [5.41, 5.74) is 22.0. The Balaban J connectivity index is 0.000000141. The number of benzene rings is 16. The van der Waals surface area contributed by atoms with Crippen LogP contribution in [0.15, 0.2) is 388 Å². The molecule has 22 aromatic rings. The highest BCUT2D eigenvalue weighted by molar-refractivity contribution is 7.26. The Kier molecular flexibility index (Phi) is 16.4. The third kappa shape index (κ3) is 12.1. The van der Waals surface area contributed by atoms with Crippen molar-refractivity contribution >= 4 is 107 Å². The molecule has 0 saturated heterocycles. The van der Waals surface area contributed by atoms with E-state index < -0.39 is 0 Å². The molecule has 0 amide bonds. The number of nitrogens with zero attached hydrogens (tertiary/aromatic N) is 8. The van der Waals surface area contributed by atoms with Crippen molar-refractivity contribution in [2.45, 2.75) is 0 Å². The maximum absolute atomic E-state index is 4.99. The molecule has 8 nitrogen and oxygen atoms in total. The van der Waals surface area contributed by atoms with Crippen LogP contribution in [0.1, 0.15) is 0 Å². The molecule has 22 rings (SSSR count). The summed E-state index contributed by atoms with van der Waals surface area (Å²) in [6.07, 6.45) is 0. The van der Waals surface area contributed by atoms with Gasteiger partial charge in [-0.3, -0.25) is 0 Å². The number of rotatable bonds is 12. The number of hydrogen-bond acceptors (Lipinski definition) is 8. The van der Waals surface area contributed by atoms with E-state index in [-0.39, 0.29) is 0 Å². The second-order valence-corrected chi connectivity index (χ2v) is 30.3. The van der Waals surface area contributed by atoms with Crippen molar-refractivity contribution in [3.63, 3.8) is 0 Å². The highest BCUT2D eigenvalue weighted by Gasteiger charge is 2.20. The number of fused-ring (bicyclic) bond motifs is 12. The van der Waals surface area contributed by atoms with E-state index in [9.17, 15) is 0 Å². The van der Waals surface area contributed by atoms with E-state index in [1.165, 1.54) is 106 Å². The summed E-state index contributed by atoms with van der Waals surface area (Å²) < 4.78 is 10.1. The van der Waals surface area contributed by atoms with Crippen molar-refractivity contribution in [2.24, 2.45) is 0 Å². The van der Waals surface area contributed by atoms with Gasteiger partial charge in [-0.05, 0) is 148 Å². The molecular weight excluding hydrogens is 1400 g/mol. The van der Waals surface area contributed by atoms with Crippen LogP contribution in [0.5, 0.6) is 0 Å². The lowest BCUT2D eigenvalue weighted by molar-refractivity contribution is 1.07. The van der Waals surface area contributed by atoms with Crippen molar-refractivity contribution < 1.29 is 0 Å². The minimum atomic E-state index is 0.639. The second-order valence-electron chi connectivity index (χ2n) is 28.1. The van der Waals surface area contributed by atoms with E-state index in [2.05, 4.69) is 276 Å². The Labute approximate surface area is 653 Å². The maximum Gasteiger partial charge on any atom is 0.164 e. The first kappa shape index (κ1) is 65.8. The summed E-state index contributed by atoms with van der Waals surface area (Å²) in [6.45, 7) is 0. The van der Waals surface area contributed by atoms with Gasteiger partial charge in [0, 0.05) is 107 Å². The molecule has 0 atom stereocenters. The molecule has 0 radical (unpaired) electrons. The largest absolute Gasteiger partial charge is 0.309 e. The Morgan fingerprint density at radius 1 is 0.152 bits per heavy atom. The van der Waals surface area contributed by atoms with Gasteiger partial charge in [0.1, 0.15) is 0 Å². The summed E-state index contributed by atoms with van der Waals surface area (Å²) >= 11 is 3.72. The smallest absolute Gasteiger partial charge is 0.164 e. The quantitative estimate of drug-likeness (QED) is 0.121. The molecule has 0 fully saturated rings. The molecule has 0 aliphatic heterocycles. The number of hydrogen-bond donors (Lipinski definition) is 0. The van der Waals surface area contributed by atoms with Crippen molar-refractivity contribution in [3.05, 3.63) is 388 Å². The molecule has 6 heterocycles. The molecule has 6 aromatic heterocycles. The van der Waals surface area contributed by atoms with Gasteiger partial charge in [-0.15, -0.1) is 22.7 Å². The summed E-state index contributed by atoms with van der Waals surface area (Å²) in [4.78, 5) is 29.5. The van der Waals surface area contributed by atoms with Gasteiger partial charge < -0.3 is 9.13 Å². The molecule has 0 saturated carbocycles. The number of para-hydroxylation sites is 2. The zero-order valence-electron chi connectivity index (χ0n) is 60.3. The van der Waals surface area contributed by atoms with Gasteiger partial charge in [-0.25, -0.2) is 29.9 Å². The standard InChI is InChI=1S/2C51H32N4S/c1-3-13-33(14-4-1)49-52-50(34-15-5-2-6-16-34)54-51(53-49)39-19-11-17-35(29-39)36-18-12-20-40(30-36)55-45-23-9-7-21-41(45)43-31-37(25-27-46(43)55)38-26-28-48-44(32-38)42-22-8-10-24-47(42)56-48;1-3-11-35(12-4-1)49-52-50(36-13-5-2-6-14-36)54-51(53-49)37-21-19-33(20-22-37)34-23-27-40(28-24-34)55-45-17-9-7-15-41(45)43-31-38(25-29-46(43)55)39-26-30-48-44(32-39)42-16-8-10-18-47(42)56-48/h2*1-32H. The molecule has 0 spiro atoms. The van der Waals surface area contributed by atoms with Crippen LogP contribution in [0.4, 0.5) is 0 Å². The van der Waals surface area contributed by atoms with Crippen LogP contribution in [-0.2, 0) is 0 Å². The summed E-state index contributed by atoms with van der Waals surface area (Å²) in [7, 11) is 0. The van der Waals surface area contributed by atoms with Crippen LogP contribution in [0, 0.1) is 0 Å². The lowest BCUT2D eigenvalue weighted by Gasteiger charge is -2.12. The Hall–Kier alpha value is -14.4. The van der Waals surface area contributed by atoms with Gasteiger partial charge >= 0.3 is 0 Å². The van der Waals surface area contributed by atoms with Gasteiger partial charge in [-0.1, -0.05) is 285 Å². The second kappa shape index (κ2) is 28.0. The van der Waals surface area contributed by atoms with Gasteiger partial charge in [0.2, 0.25) is 0 Å². The van der Waals surface area contributed by atoms with Gasteiger partial charge in [0.15, 0.2) is 34.9 Å². The fraction of sp³-hybridized carbons (Fsp3) is 0. The summed E-state index contributed by atoms with van der Waals surface area (Å²) in [5.74, 6) is 3.90. The number of thiophene rings is 2. The Morgan fingerprint density at radius 3 is 0.875 bits per heavy atom. The molecule has 112 heavy (non-hydrogen) atoms. The molecule has 0 aliphatic carbocycles. The summed E-state index contributed by atoms with van der Waals surface area (Å²) in [5, 5.41) is 10.2.